The molecule has 1 fully saturated rings. The molecule has 0 aromatic heterocycles. The van der Waals surface area contributed by atoms with Crippen LogP contribution in [0.1, 0.15) is 55.7 Å². The van der Waals surface area contributed by atoms with Crippen LogP contribution in [0.3, 0.4) is 0 Å². The van der Waals surface area contributed by atoms with Crippen molar-refractivity contribution in [2.75, 3.05) is 0 Å². The molecule has 0 atom stereocenters. The van der Waals surface area contributed by atoms with E-state index in [2.05, 4.69) is 6.92 Å². The Labute approximate surface area is 194 Å². The topological polar surface area (TPSA) is 9.23 Å². The number of benzene rings is 3. The van der Waals surface area contributed by atoms with Crippen molar-refractivity contribution in [3.8, 4) is 16.9 Å². The number of aryl methyl sites for hydroxylation is 2. The Balaban J connectivity index is 1.39. The number of hydrogen-bond acceptors (Lipinski definition) is 1. The molecule has 0 amide bonds. The molecule has 0 saturated heterocycles. The zero-order chi connectivity index (χ0) is 23.4. The van der Waals surface area contributed by atoms with Gasteiger partial charge in [-0.15, -0.1) is 0 Å². The van der Waals surface area contributed by atoms with Gasteiger partial charge in [-0.05, 0) is 72.6 Å². The fraction of sp³-hybridized carbons (Fsp3) is 0.379. The lowest BCUT2D eigenvalue weighted by atomic mass is 9.80. The minimum atomic E-state index is -3.77. The van der Waals surface area contributed by atoms with Crippen LogP contribution in [0, 0.1) is 24.6 Å². The number of halogens is 3. The van der Waals surface area contributed by atoms with Gasteiger partial charge in [-0.2, -0.15) is 8.78 Å². The van der Waals surface area contributed by atoms with Crippen molar-refractivity contribution in [2.45, 2.75) is 58.5 Å². The molecular weight excluding hydrogens is 421 g/mol. The summed E-state index contributed by atoms with van der Waals surface area (Å²) in [6.07, 6.45) is 3.46. The molecular formula is C29H31F3O. The molecule has 3 aromatic rings. The second-order valence-electron chi connectivity index (χ2n) is 9.49. The summed E-state index contributed by atoms with van der Waals surface area (Å²) in [5, 5.41) is 0. The summed E-state index contributed by atoms with van der Waals surface area (Å²) in [5.41, 5.74) is 2.73. The maximum Gasteiger partial charge on any atom is 0.429 e. The minimum Gasteiger partial charge on any atom is -0.429 e. The second-order valence-corrected chi connectivity index (χ2v) is 9.49. The van der Waals surface area contributed by atoms with Gasteiger partial charge < -0.3 is 4.74 Å². The Morgan fingerprint density at radius 3 is 2.12 bits per heavy atom. The molecule has 0 radical (unpaired) electrons. The zero-order valence-corrected chi connectivity index (χ0v) is 19.3. The van der Waals surface area contributed by atoms with E-state index in [-0.39, 0.29) is 5.75 Å². The highest BCUT2D eigenvalue weighted by Crippen LogP contribution is 2.35. The van der Waals surface area contributed by atoms with Gasteiger partial charge in [0.1, 0.15) is 11.6 Å². The first-order valence-corrected chi connectivity index (χ1v) is 11.8. The van der Waals surface area contributed by atoms with Crippen molar-refractivity contribution in [3.05, 3.63) is 89.2 Å². The summed E-state index contributed by atoms with van der Waals surface area (Å²) in [6.45, 7) is 4.27. The Hall–Kier alpha value is -2.75. The zero-order valence-electron chi connectivity index (χ0n) is 19.3. The van der Waals surface area contributed by atoms with Crippen molar-refractivity contribution < 1.29 is 17.9 Å². The van der Waals surface area contributed by atoms with E-state index in [0.29, 0.717) is 5.56 Å². The highest BCUT2D eigenvalue weighted by molar-refractivity contribution is 5.64. The lowest BCUT2D eigenvalue weighted by molar-refractivity contribution is -0.187. The van der Waals surface area contributed by atoms with Gasteiger partial charge in [-0.25, -0.2) is 4.39 Å². The Morgan fingerprint density at radius 2 is 1.48 bits per heavy atom. The lowest BCUT2D eigenvalue weighted by Crippen LogP contribution is -2.23. The molecule has 1 aliphatic carbocycles. The number of alkyl halides is 2. The molecule has 0 spiro atoms. The van der Waals surface area contributed by atoms with Crippen LogP contribution in [-0.2, 0) is 12.5 Å². The van der Waals surface area contributed by atoms with E-state index in [1.807, 2.05) is 43.3 Å². The monoisotopic (exact) mass is 452 g/mol. The van der Waals surface area contributed by atoms with E-state index < -0.39 is 17.5 Å². The van der Waals surface area contributed by atoms with Gasteiger partial charge in [0, 0.05) is 0 Å². The number of ether oxygens (including phenoxy) is 1. The highest BCUT2D eigenvalue weighted by atomic mass is 19.3. The Bertz CT molecular complexity index is 1050. The molecule has 33 heavy (non-hydrogen) atoms. The van der Waals surface area contributed by atoms with E-state index in [1.54, 1.807) is 12.1 Å². The molecule has 1 saturated carbocycles. The van der Waals surface area contributed by atoms with Crippen molar-refractivity contribution in [3.63, 3.8) is 0 Å². The maximum absolute atomic E-state index is 14.8. The van der Waals surface area contributed by atoms with Gasteiger partial charge in [0.15, 0.2) is 0 Å². The van der Waals surface area contributed by atoms with Crippen LogP contribution in [0.4, 0.5) is 13.2 Å². The van der Waals surface area contributed by atoms with Crippen LogP contribution in [0.5, 0.6) is 5.75 Å². The molecule has 0 bridgehead atoms. The summed E-state index contributed by atoms with van der Waals surface area (Å²) in [4.78, 5) is 0. The van der Waals surface area contributed by atoms with E-state index in [1.165, 1.54) is 31.7 Å². The molecule has 0 N–H and O–H groups in total. The molecule has 0 unspecified atom stereocenters. The fourth-order valence-electron chi connectivity index (χ4n) is 4.59. The molecule has 1 nitrogen and oxygen atoms in total. The van der Waals surface area contributed by atoms with E-state index in [4.69, 9.17) is 4.74 Å². The number of hydrogen-bond donors (Lipinski definition) is 0. The second kappa shape index (κ2) is 10.0. The molecule has 3 aromatic carbocycles. The lowest BCUT2D eigenvalue weighted by Gasteiger charge is -2.26. The standard InChI is InChI=1S/C29H31F3O/c1-20-3-7-22(8-4-20)9-10-23-11-16-26(17-12-23)33-29(31,32)27-18-15-25(19-28(27)30)24-13-5-21(2)6-14-24/h5-6,11-20,22H,3-4,7-10H2,1-2H3. The van der Waals surface area contributed by atoms with Gasteiger partial charge in [0.05, 0.1) is 5.56 Å². The van der Waals surface area contributed by atoms with Crippen molar-refractivity contribution >= 4 is 0 Å². The summed E-state index contributed by atoms with van der Waals surface area (Å²) in [7, 11) is 0. The SMILES string of the molecule is Cc1ccc(-c2ccc(C(F)(F)Oc3ccc(CCC4CCC(C)CC4)cc3)c(F)c2)cc1. The van der Waals surface area contributed by atoms with Crippen molar-refractivity contribution in [2.24, 2.45) is 11.8 Å². The van der Waals surface area contributed by atoms with Crippen LogP contribution in [0.25, 0.3) is 11.1 Å². The molecule has 0 aliphatic heterocycles. The summed E-state index contributed by atoms with van der Waals surface area (Å²) in [5.74, 6) is 0.629. The maximum atomic E-state index is 14.8. The largest absolute Gasteiger partial charge is 0.429 e. The first-order chi connectivity index (χ1) is 15.8. The van der Waals surface area contributed by atoms with Gasteiger partial charge in [0.25, 0.3) is 0 Å². The fourth-order valence-corrected chi connectivity index (χ4v) is 4.59. The molecule has 1 aliphatic rings. The normalized spacial score (nSPS) is 18.8. The van der Waals surface area contributed by atoms with Crippen LogP contribution < -0.4 is 4.74 Å². The van der Waals surface area contributed by atoms with Crippen LogP contribution in [-0.4, -0.2) is 0 Å². The third-order valence-corrected chi connectivity index (χ3v) is 6.81. The smallest absolute Gasteiger partial charge is 0.429 e. The minimum absolute atomic E-state index is 0.0252. The van der Waals surface area contributed by atoms with Crippen LogP contribution >= 0.6 is 0 Å². The quantitative estimate of drug-likeness (QED) is 0.348. The van der Waals surface area contributed by atoms with Crippen LogP contribution in [0.15, 0.2) is 66.7 Å². The first kappa shape index (κ1) is 23.4. The van der Waals surface area contributed by atoms with E-state index in [0.717, 1.165) is 53.5 Å². The van der Waals surface area contributed by atoms with Gasteiger partial charge >= 0.3 is 6.11 Å². The molecule has 0 heterocycles. The first-order valence-electron chi connectivity index (χ1n) is 11.8. The van der Waals surface area contributed by atoms with Crippen LogP contribution in [0.2, 0.25) is 0 Å². The van der Waals surface area contributed by atoms with Crippen molar-refractivity contribution in [1.82, 2.24) is 0 Å². The van der Waals surface area contributed by atoms with E-state index >= 15 is 0 Å². The molecule has 4 heteroatoms. The van der Waals surface area contributed by atoms with E-state index in [9.17, 15) is 13.2 Å². The molecule has 4 rings (SSSR count). The predicted octanol–water partition coefficient (Wildman–Crippen LogP) is 8.69. The summed E-state index contributed by atoms with van der Waals surface area (Å²) < 4.78 is 49.0. The van der Waals surface area contributed by atoms with Gasteiger partial charge in [-0.3, -0.25) is 0 Å². The Kier molecular flexibility index (Phi) is 7.11. The van der Waals surface area contributed by atoms with Gasteiger partial charge in [0.2, 0.25) is 0 Å². The summed E-state index contributed by atoms with van der Waals surface area (Å²) >= 11 is 0. The third kappa shape index (κ3) is 5.98. The summed E-state index contributed by atoms with van der Waals surface area (Å²) in [6, 6.07) is 18.0. The third-order valence-electron chi connectivity index (χ3n) is 6.81. The average molecular weight is 453 g/mol. The van der Waals surface area contributed by atoms with Crippen molar-refractivity contribution in [1.29, 1.82) is 0 Å². The molecule has 174 valence electrons. The van der Waals surface area contributed by atoms with Gasteiger partial charge in [-0.1, -0.05) is 80.6 Å². The Morgan fingerprint density at radius 1 is 0.848 bits per heavy atom. The average Bonchev–Trinajstić information content (AvgIpc) is 2.80. The number of rotatable bonds is 7. The predicted molar refractivity (Wildman–Crippen MR) is 127 cm³/mol. The highest BCUT2D eigenvalue weighted by Gasteiger charge is 2.37.